The third-order valence-corrected chi connectivity index (χ3v) is 5.11. The van der Waals surface area contributed by atoms with Crippen molar-refractivity contribution in [1.82, 2.24) is 15.3 Å². The van der Waals surface area contributed by atoms with E-state index in [1.165, 1.54) is 12.1 Å². The molecule has 0 saturated heterocycles. The highest BCUT2D eigenvalue weighted by Crippen LogP contribution is 2.40. The number of oxazole rings is 1. The lowest BCUT2D eigenvalue weighted by atomic mass is 9.99. The van der Waals surface area contributed by atoms with Crippen molar-refractivity contribution in [3.8, 4) is 0 Å². The third-order valence-electron chi connectivity index (χ3n) is 5.11. The van der Waals surface area contributed by atoms with E-state index >= 15 is 0 Å². The van der Waals surface area contributed by atoms with Crippen molar-refractivity contribution >= 4 is 17.0 Å². The number of nitrogens with one attached hydrogen (secondary N) is 1. The number of carbonyl (C=O) groups is 1. The number of nitrogens with zero attached hydrogens (tertiary/aromatic N) is 2. The quantitative estimate of drug-likeness (QED) is 0.536. The fraction of sp³-hybridized carbons (Fsp3) is 0.174. The number of pyridine rings is 1. The Balaban J connectivity index is 1.45. The summed E-state index contributed by atoms with van der Waals surface area (Å²) >= 11 is 0. The Bertz CT molecular complexity index is 1170. The van der Waals surface area contributed by atoms with Gasteiger partial charge in [-0.3, -0.25) is 9.78 Å². The van der Waals surface area contributed by atoms with Crippen LogP contribution >= 0.6 is 0 Å². The first-order chi connectivity index (χ1) is 14.2. The van der Waals surface area contributed by atoms with Gasteiger partial charge in [-0.1, -0.05) is 12.1 Å². The number of fused-ring (bicyclic) bond motifs is 1. The molecule has 1 amide bonds. The first-order valence-electron chi connectivity index (χ1n) is 9.54. The molecule has 1 atom stereocenters. The number of carbonyl (C=O) groups excluding carboxylic acids is 1. The molecule has 2 aromatic heterocycles. The molecule has 1 aliphatic carbocycles. The maximum absolute atomic E-state index is 13.4. The van der Waals surface area contributed by atoms with Gasteiger partial charge in [0.2, 0.25) is 0 Å². The van der Waals surface area contributed by atoms with Gasteiger partial charge in [0, 0.05) is 23.9 Å². The summed E-state index contributed by atoms with van der Waals surface area (Å²) in [7, 11) is 0. The van der Waals surface area contributed by atoms with E-state index < -0.39 is 6.04 Å². The van der Waals surface area contributed by atoms with E-state index in [0.29, 0.717) is 17.1 Å². The number of hydrogen-bond acceptors (Lipinski definition) is 4. The smallest absolute Gasteiger partial charge is 0.252 e. The molecule has 1 saturated carbocycles. The Morgan fingerprint density at radius 1 is 1.03 bits per heavy atom. The number of amides is 1. The highest BCUT2D eigenvalue weighted by atomic mass is 19.1. The maximum Gasteiger partial charge on any atom is 0.252 e. The van der Waals surface area contributed by atoms with Crippen LogP contribution in [0, 0.1) is 5.82 Å². The molecule has 0 radical (unpaired) electrons. The molecule has 0 spiro atoms. The second-order valence-corrected chi connectivity index (χ2v) is 7.25. The third kappa shape index (κ3) is 3.61. The fourth-order valence-corrected chi connectivity index (χ4v) is 3.37. The number of halogens is 1. The topological polar surface area (TPSA) is 68.0 Å². The van der Waals surface area contributed by atoms with Crippen LogP contribution in [0.5, 0.6) is 0 Å². The Hall–Kier alpha value is -3.54. The minimum atomic E-state index is -0.432. The van der Waals surface area contributed by atoms with Crippen molar-refractivity contribution < 1.29 is 13.6 Å². The van der Waals surface area contributed by atoms with Crippen molar-refractivity contribution in [3.05, 3.63) is 95.4 Å². The van der Waals surface area contributed by atoms with E-state index in [1.807, 2.05) is 12.1 Å². The van der Waals surface area contributed by atoms with Crippen LogP contribution in [0.3, 0.4) is 0 Å². The summed E-state index contributed by atoms with van der Waals surface area (Å²) in [6.07, 6.45) is 5.53. The molecule has 1 N–H and O–H groups in total. The standard InChI is InChI=1S/C23H18FN3O2/c24-18-6-3-14(4-7-18)21(15-9-11-25-12-10-15)27-22(28)17-5-8-19-20(13-17)29-23(26-19)16-1-2-16/h3-13,16,21H,1-2H2,(H,27,28). The van der Waals surface area contributed by atoms with E-state index in [0.717, 1.165) is 35.4 Å². The molecule has 5 rings (SSSR count). The normalized spacial score (nSPS) is 14.7. The van der Waals surface area contributed by atoms with Crippen molar-refractivity contribution in [1.29, 1.82) is 0 Å². The molecular formula is C23H18FN3O2. The molecule has 4 aromatic rings. The summed E-state index contributed by atoms with van der Waals surface area (Å²) < 4.78 is 19.2. The van der Waals surface area contributed by atoms with Crippen LogP contribution in [0.4, 0.5) is 4.39 Å². The van der Waals surface area contributed by atoms with Gasteiger partial charge in [0.1, 0.15) is 11.3 Å². The molecule has 6 heteroatoms. The highest BCUT2D eigenvalue weighted by molar-refractivity contribution is 5.97. The van der Waals surface area contributed by atoms with E-state index in [1.54, 1.807) is 42.7 Å². The van der Waals surface area contributed by atoms with Crippen LogP contribution in [0.25, 0.3) is 11.1 Å². The summed E-state index contributed by atoms with van der Waals surface area (Å²) in [5, 5.41) is 3.04. The molecule has 0 aliphatic heterocycles. The van der Waals surface area contributed by atoms with Gasteiger partial charge in [-0.25, -0.2) is 9.37 Å². The molecule has 2 aromatic carbocycles. The average molecular weight is 387 g/mol. The van der Waals surface area contributed by atoms with Crippen LogP contribution in [0.1, 0.15) is 52.2 Å². The van der Waals surface area contributed by atoms with Gasteiger partial charge in [0.25, 0.3) is 5.91 Å². The number of rotatable bonds is 5. The van der Waals surface area contributed by atoms with Crippen LogP contribution in [-0.2, 0) is 0 Å². The van der Waals surface area contributed by atoms with Crippen molar-refractivity contribution in [2.24, 2.45) is 0 Å². The van der Waals surface area contributed by atoms with Gasteiger partial charge < -0.3 is 9.73 Å². The number of aromatic nitrogens is 2. The fourth-order valence-electron chi connectivity index (χ4n) is 3.37. The van der Waals surface area contributed by atoms with Gasteiger partial charge in [0.15, 0.2) is 11.5 Å². The SMILES string of the molecule is O=C(NC(c1ccncc1)c1ccc(F)cc1)c1ccc2nc(C3CC3)oc2c1. The van der Waals surface area contributed by atoms with E-state index in [9.17, 15) is 9.18 Å². The van der Waals surface area contributed by atoms with Gasteiger partial charge >= 0.3 is 0 Å². The minimum absolute atomic E-state index is 0.248. The summed E-state index contributed by atoms with van der Waals surface area (Å²) in [6.45, 7) is 0. The molecule has 29 heavy (non-hydrogen) atoms. The molecule has 1 unspecified atom stereocenters. The monoisotopic (exact) mass is 387 g/mol. The van der Waals surface area contributed by atoms with Crippen molar-refractivity contribution in [3.63, 3.8) is 0 Å². The zero-order valence-corrected chi connectivity index (χ0v) is 15.5. The molecule has 1 aliphatic rings. The Morgan fingerprint density at radius 2 is 1.76 bits per heavy atom. The molecule has 0 bridgehead atoms. The summed E-state index contributed by atoms with van der Waals surface area (Å²) in [5.41, 5.74) is 3.49. The summed E-state index contributed by atoms with van der Waals surface area (Å²) in [6, 6.07) is 14.6. The van der Waals surface area contributed by atoms with Gasteiger partial charge in [-0.15, -0.1) is 0 Å². The lowest BCUT2D eigenvalue weighted by Crippen LogP contribution is -2.29. The zero-order chi connectivity index (χ0) is 19.8. The molecular weight excluding hydrogens is 369 g/mol. The van der Waals surface area contributed by atoms with Gasteiger partial charge in [0.05, 0.1) is 6.04 Å². The first-order valence-corrected chi connectivity index (χ1v) is 9.54. The van der Waals surface area contributed by atoms with Crippen LogP contribution in [0.2, 0.25) is 0 Å². The summed E-state index contributed by atoms with van der Waals surface area (Å²) in [5.74, 6) is 0.589. The highest BCUT2D eigenvalue weighted by Gasteiger charge is 2.29. The van der Waals surface area contributed by atoms with E-state index in [2.05, 4.69) is 15.3 Å². The van der Waals surface area contributed by atoms with Crippen LogP contribution in [-0.4, -0.2) is 15.9 Å². The lowest BCUT2D eigenvalue weighted by Gasteiger charge is -2.20. The molecule has 144 valence electrons. The predicted molar refractivity (Wildman–Crippen MR) is 106 cm³/mol. The lowest BCUT2D eigenvalue weighted by molar-refractivity contribution is 0.0943. The minimum Gasteiger partial charge on any atom is -0.440 e. The average Bonchev–Trinajstić information content (AvgIpc) is 3.52. The first kappa shape index (κ1) is 17.6. The molecule has 1 fully saturated rings. The molecule has 2 heterocycles. The van der Waals surface area contributed by atoms with Crippen LogP contribution < -0.4 is 5.32 Å². The van der Waals surface area contributed by atoms with Gasteiger partial charge in [-0.2, -0.15) is 0 Å². The van der Waals surface area contributed by atoms with Gasteiger partial charge in [-0.05, 0) is 66.4 Å². The Labute approximate surface area is 166 Å². The van der Waals surface area contributed by atoms with Crippen molar-refractivity contribution in [2.45, 2.75) is 24.8 Å². The molecule has 5 nitrogen and oxygen atoms in total. The van der Waals surface area contributed by atoms with E-state index in [-0.39, 0.29) is 11.7 Å². The maximum atomic E-state index is 13.4. The Morgan fingerprint density at radius 3 is 2.48 bits per heavy atom. The zero-order valence-electron chi connectivity index (χ0n) is 15.5. The Kier molecular flexibility index (Phi) is 4.31. The largest absolute Gasteiger partial charge is 0.440 e. The number of hydrogen-bond donors (Lipinski definition) is 1. The second kappa shape index (κ2) is 7.13. The predicted octanol–water partition coefficient (Wildman–Crippen LogP) is 4.76. The number of benzene rings is 2. The van der Waals surface area contributed by atoms with Crippen LogP contribution in [0.15, 0.2) is 71.4 Å². The van der Waals surface area contributed by atoms with Crippen molar-refractivity contribution in [2.75, 3.05) is 0 Å². The second-order valence-electron chi connectivity index (χ2n) is 7.25. The summed E-state index contributed by atoms with van der Waals surface area (Å²) in [4.78, 5) is 21.5. The van der Waals surface area contributed by atoms with E-state index in [4.69, 9.17) is 4.42 Å².